The van der Waals surface area contributed by atoms with Gasteiger partial charge in [0.05, 0.1) is 0 Å². The molecule has 1 saturated carbocycles. The van der Waals surface area contributed by atoms with Crippen molar-refractivity contribution in [1.29, 1.82) is 0 Å². The number of ether oxygens (including phenoxy) is 3. The number of carbonyl (C=O) groups is 2. The minimum atomic E-state index is -0.745. The highest BCUT2D eigenvalue weighted by Crippen LogP contribution is 2.61. The molecule has 0 spiro atoms. The molecule has 0 aromatic heterocycles. The summed E-state index contributed by atoms with van der Waals surface area (Å²) in [6.45, 7) is 5.47. The zero-order chi connectivity index (χ0) is 21.5. The second kappa shape index (κ2) is 7.82. The predicted molar refractivity (Wildman–Crippen MR) is 110 cm³/mol. The summed E-state index contributed by atoms with van der Waals surface area (Å²) in [4.78, 5) is 24.5. The Morgan fingerprint density at radius 1 is 1.20 bits per heavy atom. The highest BCUT2D eigenvalue weighted by Gasteiger charge is 2.69. The molecule has 0 unspecified atom stereocenters. The van der Waals surface area contributed by atoms with Crippen LogP contribution in [-0.2, 0) is 23.8 Å². The van der Waals surface area contributed by atoms with Crippen molar-refractivity contribution in [2.24, 2.45) is 17.8 Å². The fraction of sp³-hybridized carbons (Fsp3) is 0.583. The van der Waals surface area contributed by atoms with Crippen LogP contribution in [0.2, 0.25) is 0 Å². The number of hydrogen-bond donors (Lipinski definition) is 1. The minimum Gasteiger partial charge on any atom is -0.457 e. The number of fused-ring (bicyclic) bond motifs is 4. The van der Waals surface area contributed by atoms with Gasteiger partial charge in [0.25, 0.3) is 0 Å². The molecule has 0 amide bonds. The van der Waals surface area contributed by atoms with E-state index in [-0.39, 0.29) is 11.8 Å². The second-order valence-electron chi connectivity index (χ2n) is 9.28. The molecule has 3 fully saturated rings. The second-order valence-corrected chi connectivity index (χ2v) is 9.28. The largest absolute Gasteiger partial charge is 0.457 e. The van der Waals surface area contributed by atoms with Gasteiger partial charge in [-0.15, -0.1) is 0 Å². The first-order valence-electron chi connectivity index (χ1n) is 10.7. The molecular weight excluding hydrogens is 384 g/mol. The molecule has 30 heavy (non-hydrogen) atoms. The van der Waals surface area contributed by atoms with Gasteiger partial charge >= 0.3 is 11.9 Å². The molecule has 2 heterocycles. The van der Waals surface area contributed by atoms with Gasteiger partial charge in [-0.3, -0.25) is 0 Å². The Labute approximate surface area is 177 Å². The average molecular weight is 414 g/mol. The molecular formula is C24H30O6. The summed E-state index contributed by atoms with van der Waals surface area (Å²) >= 11 is 0. The van der Waals surface area contributed by atoms with E-state index >= 15 is 0 Å². The van der Waals surface area contributed by atoms with Gasteiger partial charge in [0.15, 0.2) is 0 Å². The number of hydrogen-bond acceptors (Lipinski definition) is 6. The highest BCUT2D eigenvalue weighted by atomic mass is 16.6. The Kier molecular flexibility index (Phi) is 5.49. The zero-order valence-electron chi connectivity index (χ0n) is 17.7. The van der Waals surface area contributed by atoms with Gasteiger partial charge in [0.2, 0.25) is 0 Å². The number of aliphatic hydroxyl groups is 1. The van der Waals surface area contributed by atoms with Crippen LogP contribution >= 0.6 is 0 Å². The third-order valence-corrected chi connectivity index (χ3v) is 7.28. The summed E-state index contributed by atoms with van der Waals surface area (Å²) < 4.78 is 18.1. The molecule has 7 atom stereocenters. The lowest BCUT2D eigenvalue weighted by molar-refractivity contribution is -0.247. The number of carbonyl (C=O) groups excluding carboxylic acids is 2. The quantitative estimate of drug-likeness (QED) is 0.589. The molecule has 2 aliphatic heterocycles. The monoisotopic (exact) mass is 414 g/mol. The Bertz CT molecular complexity index is 835. The van der Waals surface area contributed by atoms with E-state index in [1.165, 1.54) is 6.08 Å². The van der Waals surface area contributed by atoms with Gasteiger partial charge in [-0.1, -0.05) is 37.3 Å². The van der Waals surface area contributed by atoms with E-state index in [1.54, 1.807) is 6.08 Å². The Morgan fingerprint density at radius 2 is 1.93 bits per heavy atom. The summed E-state index contributed by atoms with van der Waals surface area (Å²) in [5, 5.41) is 9.14. The molecule has 1 aromatic carbocycles. The van der Waals surface area contributed by atoms with Gasteiger partial charge in [0.1, 0.15) is 30.0 Å². The molecule has 6 nitrogen and oxygen atoms in total. The Hall–Kier alpha value is -2.18. The van der Waals surface area contributed by atoms with Crippen LogP contribution in [0.25, 0.3) is 6.08 Å². The third-order valence-electron chi connectivity index (χ3n) is 7.28. The topological polar surface area (TPSA) is 82.1 Å². The van der Waals surface area contributed by atoms with Crippen LogP contribution in [0.4, 0.5) is 0 Å². The molecule has 1 aromatic rings. The first-order valence-corrected chi connectivity index (χ1v) is 10.7. The van der Waals surface area contributed by atoms with Crippen LogP contribution in [0.3, 0.4) is 0 Å². The van der Waals surface area contributed by atoms with Gasteiger partial charge in [-0.25, -0.2) is 9.59 Å². The average Bonchev–Trinajstić information content (AvgIpc) is 3.21. The fourth-order valence-corrected chi connectivity index (χ4v) is 5.93. The van der Waals surface area contributed by atoms with Gasteiger partial charge in [-0.2, -0.15) is 0 Å². The van der Waals surface area contributed by atoms with Crippen molar-refractivity contribution in [2.75, 3.05) is 6.61 Å². The van der Waals surface area contributed by atoms with E-state index in [1.807, 2.05) is 44.2 Å². The van der Waals surface area contributed by atoms with E-state index in [4.69, 9.17) is 19.3 Å². The smallest absolute Gasteiger partial charge is 0.332 e. The van der Waals surface area contributed by atoms with E-state index < -0.39 is 42.0 Å². The van der Waals surface area contributed by atoms with Crippen molar-refractivity contribution in [3.05, 3.63) is 42.0 Å². The van der Waals surface area contributed by atoms with E-state index in [2.05, 4.69) is 6.92 Å². The van der Waals surface area contributed by atoms with Crippen molar-refractivity contribution < 1.29 is 28.9 Å². The van der Waals surface area contributed by atoms with Crippen LogP contribution in [0, 0.1) is 17.8 Å². The molecule has 0 radical (unpaired) electrons. The normalized spacial score (nSPS) is 39.7. The Balaban J connectivity index is 1.58. The maximum absolute atomic E-state index is 12.7. The number of aliphatic hydroxyl groups excluding tert-OH is 1. The molecule has 2 saturated heterocycles. The fourth-order valence-electron chi connectivity index (χ4n) is 5.93. The van der Waals surface area contributed by atoms with Crippen molar-refractivity contribution >= 4 is 18.0 Å². The molecule has 6 heteroatoms. The van der Waals surface area contributed by atoms with Crippen LogP contribution in [0.15, 0.2) is 36.4 Å². The molecule has 1 N–H and O–H groups in total. The lowest BCUT2D eigenvalue weighted by Gasteiger charge is -2.50. The summed E-state index contributed by atoms with van der Waals surface area (Å²) in [6.07, 6.45) is 4.70. The molecule has 3 aliphatic rings. The van der Waals surface area contributed by atoms with E-state index in [0.29, 0.717) is 12.3 Å². The van der Waals surface area contributed by atoms with Gasteiger partial charge in [-0.05, 0) is 50.2 Å². The highest BCUT2D eigenvalue weighted by molar-refractivity contribution is 5.87. The SMILES string of the molecule is C[C@@H]1CC[C@@H]2[C@@H]1[C@H](OC(=O)/C=C/c1ccccc1)[C@]1(C)C[C@@H](OC(=O)CO)[C@@]2(C)O1. The van der Waals surface area contributed by atoms with Crippen LogP contribution in [0.5, 0.6) is 0 Å². The summed E-state index contributed by atoms with van der Waals surface area (Å²) in [5.74, 6) is -0.411. The van der Waals surface area contributed by atoms with E-state index in [0.717, 1.165) is 18.4 Å². The van der Waals surface area contributed by atoms with Crippen LogP contribution in [-0.4, -0.2) is 47.1 Å². The lowest BCUT2D eigenvalue weighted by Crippen LogP contribution is -2.59. The molecule has 162 valence electrons. The van der Waals surface area contributed by atoms with Gasteiger partial charge in [0, 0.05) is 18.4 Å². The summed E-state index contributed by atoms with van der Waals surface area (Å²) in [5.41, 5.74) is -0.458. The summed E-state index contributed by atoms with van der Waals surface area (Å²) in [6, 6.07) is 9.60. The zero-order valence-corrected chi connectivity index (χ0v) is 17.7. The van der Waals surface area contributed by atoms with E-state index in [9.17, 15) is 9.59 Å². The number of rotatable bonds is 5. The van der Waals surface area contributed by atoms with Crippen LogP contribution in [0.1, 0.15) is 45.6 Å². The molecule has 2 bridgehead atoms. The molecule has 4 rings (SSSR count). The van der Waals surface area contributed by atoms with Gasteiger partial charge < -0.3 is 19.3 Å². The van der Waals surface area contributed by atoms with Crippen LogP contribution < -0.4 is 0 Å². The lowest BCUT2D eigenvalue weighted by atomic mass is 9.72. The summed E-state index contributed by atoms with van der Waals surface area (Å²) in [7, 11) is 0. The standard InChI is InChI=1S/C24H30O6/c1-15-9-11-17-21(15)22(29-19(26)12-10-16-7-5-4-6-8-16)23(2)13-18(24(17,3)30-23)28-20(27)14-25/h4-8,10,12,15,17-18,21-22,25H,9,11,13-14H2,1-3H3/b12-10+/t15-,17-,18-,21-,22+,23+,24+/m1/s1. The maximum atomic E-state index is 12.7. The third kappa shape index (κ3) is 3.56. The molecule has 1 aliphatic carbocycles. The first kappa shape index (κ1) is 21.1. The van der Waals surface area contributed by atoms with Crippen molar-refractivity contribution in [1.82, 2.24) is 0 Å². The maximum Gasteiger partial charge on any atom is 0.332 e. The van der Waals surface area contributed by atoms with Crippen molar-refractivity contribution in [2.45, 2.75) is 63.4 Å². The van der Waals surface area contributed by atoms with Crippen molar-refractivity contribution in [3.8, 4) is 0 Å². The predicted octanol–water partition coefficient (Wildman–Crippen LogP) is 3.13. The first-order chi connectivity index (χ1) is 14.3. The Morgan fingerprint density at radius 3 is 2.63 bits per heavy atom. The minimum absolute atomic E-state index is 0.121. The number of esters is 2. The number of benzene rings is 1. The van der Waals surface area contributed by atoms with Crippen molar-refractivity contribution in [3.63, 3.8) is 0 Å².